The fraction of sp³-hybridized carbons (Fsp3) is 0.150. The quantitative estimate of drug-likeness (QED) is 0.518. The van der Waals surface area contributed by atoms with Crippen LogP contribution in [0.5, 0.6) is 11.5 Å². The number of hydrazine groups is 1. The van der Waals surface area contributed by atoms with Gasteiger partial charge in [-0.05, 0) is 29.8 Å². The first-order chi connectivity index (χ1) is 13.6. The monoisotopic (exact) mass is 381 g/mol. The van der Waals surface area contributed by atoms with Gasteiger partial charge in [-0.3, -0.25) is 25.2 Å². The molecular weight excluding hydrogens is 362 g/mol. The molecule has 0 bridgehead atoms. The molecule has 0 fully saturated rings. The lowest BCUT2D eigenvalue weighted by Gasteiger charge is -2.08. The van der Waals surface area contributed by atoms with Crippen molar-refractivity contribution in [1.82, 2.24) is 16.2 Å². The number of benzene rings is 2. The van der Waals surface area contributed by atoms with Crippen LogP contribution >= 0.6 is 0 Å². The molecule has 28 heavy (non-hydrogen) atoms. The maximum absolute atomic E-state index is 12.0. The zero-order valence-electron chi connectivity index (χ0n) is 14.9. The Balaban J connectivity index is 1.36. The number of carbonyl (C=O) groups is 3. The van der Waals surface area contributed by atoms with E-state index in [-0.39, 0.29) is 25.7 Å². The van der Waals surface area contributed by atoms with Gasteiger partial charge in [0, 0.05) is 24.6 Å². The predicted octanol–water partition coefficient (Wildman–Crippen LogP) is 1.40. The van der Waals surface area contributed by atoms with Crippen LogP contribution in [-0.4, -0.2) is 31.1 Å². The van der Waals surface area contributed by atoms with Crippen molar-refractivity contribution in [2.24, 2.45) is 0 Å². The molecule has 0 aromatic heterocycles. The topological polar surface area (TPSA) is 106 Å². The number of carbonyl (C=O) groups excluding carboxylic acids is 3. The van der Waals surface area contributed by atoms with Crippen molar-refractivity contribution in [3.8, 4) is 11.5 Å². The Morgan fingerprint density at radius 2 is 1.75 bits per heavy atom. The third-order valence-corrected chi connectivity index (χ3v) is 3.83. The molecule has 8 heteroatoms. The van der Waals surface area contributed by atoms with Gasteiger partial charge in [-0.2, -0.15) is 0 Å². The van der Waals surface area contributed by atoms with Crippen molar-refractivity contribution in [1.29, 1.82) is 0 Å². The first-order valence-electron chi connectivity index (χ1n) is 8.61. The minimum Gasteiger partial charge on any atom is -0.454 e. The summed E-state index contributed by atoms with van der Waals surface area (Å²) in [6, 6.07) is 14.1. The molecule has 0 spiro atoms. The summed E-state index contributed by atoms with van der Waals surface area (Å²) >= 11 is 0. The summed E-state index contributed by atoms with van der Waals surface area (Å²) in [4.78, 5) is 35.6. The number of fused-ring (bicyclic) bond motifs is 1. The van der Waals surface area contributed by atoms with E-state index in [0.717, 1.165) is 5.56 Å². The Morgan fingerprint density at radius 3 is 2.57 bits per heavy atom. The molecule has 0 atom stereocenters. The molecule has 0 saturated carbocycles. The van der Waals surface area contributed by atoms with Gasteiger partial charge in [0.2, 0.25) is 18.6 Å². The highest BCUT2D eigenvalue weighted by molar-refractivity contribution is 5.96. The predicted molar refractivity (Wildman–Crippen MR) is 101 cm³/mol. The molecule has 1 heterocycles. The van der Waals surface area contributed by atoms with E-state index in [1.807, 2.05) is 30.3 Å². The van der Waals surface area contributed by atoms with Crippen LogP contribution in [0.1, 0.15) is 22.3 Å². The van der Waals surface area contributed by atoms with E-state index in [1.165, 1.54) is 12.1 Å². The second-order valence-electron chi connectivity index (χ2n) is 5.86. The number of ether oxygens (including phenoxy) is 2. The number of hydrogen-bond donors (Lipinski definition) is 3. The van der Waals surface area contributed by atoms with Crippen molar-refractivity contribution in [2.75, 3.05) is 13.3 Å². The summed E-state index contributed by atoms with van der Waals surface area (Å²) in [7, 11) is 0. The molecule has 1 aliphatic heterocycles. The second kappa shape index (κ2) is 9.22. The minimum absolute atomic E-state index is 0.0202. The van der Waals surface area contributed by atoms with Gasteiger partial charge in [-0.15, -0.1) is 0 Å². The molecule has 2 aromatic carbocycles. The lowest BCUT2D eigenvalue weighted by Crippen LogP contribution is -2.42. The smallest absolute Gasteiger partial charge is 0.269 e. The lowest BCUT2D eigenvalue weighted by molar-refractivity contribution is -0.122. The highest BCUT2D eigenvalue weighted by Crippen LogP contribution is 2.32. The van der Waals surface area contributed by atoms with Gasteiger partial charge in [0.1, 0.15) is 0 Å². The van der Waals surface area contributed by atoms with E-state index in [9.17, 15) is 14.4 Å². The maximum atomic E-state index is 12.0. The Bertz CT molecular complexity index is 896. The summed E-state index contributed by atoms with van der Waals surface area (Å²) in [5.74, 6) is -0.174. The van der Waals surface area contributed by atoms with Crippen molar-refractivity contribution in [2.45, 2.75) is 6.42 Å². The second-order valence-corrected chi connectivity index (χ2v) is 5.86. The lowest BCUT2D eigenvalue weighted by atomic mass is 10.2. The van der Waals surface area contributed by atoms with Crippen molar-refractivity contribution < 1.29 is 23.9 Å². The number of amides is 3. The van der Waals surface area contributed by atoms with Gasteiger partial charge < -0.3 is 14.8 Å². The number of hydrogen-bond acceptors (Lipinski definition) is 5. The van der Waals surface area contributed by atoms with Crippen LogP contribution in [0, 0.1) is 0 Å². The SMILES string of the molecule is O=C(/C=C/c1ccccc1)NCCC(=O)NNC(=O)c1ccc2c(c1)OCO2. The van der Waals surface area contributed by atoms with Crippen LogP contribution in [0.4, 0.5) is 0 Å². The van der Waals surface area contributed by atoms with Gasteiger partial charge in [-0.1, -0.05) is 30.3 Å². The Kier molecular flexibility index (Phi) is 6.25. The van der Waals surface area contributed by atoms with Crippen LogP contribution in [0.25, 0.3) is 6.08 Å². The average Bonchev–Trinajstić information content (AvgIpc) is 3.19. The van der Waals surface area contributed by atoms with E-state index in [2.05, 4.69) is 16.2 Å². The van der Waals surface area contributed by atoms with E-state index in [0.29, 0.717) is 17.1 Å². The standard InChI is InChI=1S/C20H19N3O5/c24-18(9-6-14-4-2-1-3-5-14)21-11-10-19(25)22-23-20(26)15-7-8-16-17(12-15)28-13-27-16/h1-9,12H,10-11,13H2,(H,21,24)(H,22,25)(H,23,26)/b9-6+. The highest BCUT2D eigenvalue weighted by atomic mass is 16.7. The summed E-state index contributed by atoms with van der Waals surface area (Å²) in [6.07, 6.45) is 3.10. The van der Waals surface area contributed by atoms with Gasteiger partial charge in [0.05, 0.1) is 0 Å². The van der Waals surface area contributed by atoms with E-state index in [1.54, 1.807) is 18.2 Å². The molecule has 3 N–H and O–H groups in total. The maximum Gasteiger partial charge on any atom is 0.269 e. The zero-order valence-corrected chi connectivity index (χ0v) is 14.9. The molecule has 0 radical (unpaired) electrons. The van der Waals surface area contributed by atoms with Crippen molar-refractivity contribution in [3.05, 3.63) is 65.7 Å². The Labute approximate surface area is 161 Å². The number of nitrogens with one attached hydrogen (secondary N) is 3. The van der Waals surface area contributed by atoms with Crippen molar-refractivity contribution in [3.63, 3.8) is 0 Å². The molecular formula is C20H19N3O5. The van der Waals surface area contributed by atoms with Gasteiger partial charge in [0.15, 0.2) is 11.5 Å². The van der Waals surface area contributed by atoms with Crippen LogP contribution in [0.2, 0.25) is 0 Å². The Morgan fingerprint density at radius 1 is 0.964 bits per heavy atom. The summed E-state index contributed by atoms with van der Waals surface area (Å²) in [5, 5.41) is 2.60. The van der Waals surface area contributed by atoms with E-state index >= 15 is 0 Å². The fourth-order valence-electron chi connectivity index (χ4n) is 2.39. The third-order valence-electron chi connectivity index (χ3n) is 3.83. The van der Waals surface area contributed by atoms with Crippen LogP contribution in [0.15, 0.2) is 54.6 Å². The molecule has 0 saturated heterocycles. The van der Waals surface area contributed by atoms with Gasteiger partial charge in [-0.25, -0.2) is 0 Å². The molecule has 144 valence electrons. The molecule has 3 rings (SSSR count). The average molecular weight is 381 g/mol. The molecule has 1 aliphatic rings. The summed E-state index contributed by atoms with van der Waals surface area (Å²) in [5.41, 5.74) is 5.84. The summed E-state index contributed by atoms with van der Waals surface area (Å²) in [6.45, 7) is 0.257. The molecule has 2 aromatic rings. The van der Waals surface area contributed by atoms with Crippen LogP contribution < -0.4 is 25.6 Å². The normalized spacial score (nSPS) is 11.9. The van der Waals surface area contributed by atoms with Gasteiger partial charge >= 0.3 is 0 Å². The molecule has 0 unspecified atom stereocenters. The summed E-state index contributed by atoms with van der Waals surface area (Å²) < 4.78 is 10.4. The molecule has 8 nitrogen and oxygen atoms in total. The third kappa shape index (κ3) is 5.34. The number of rotatable bonds is 6. The zero-order chi connectivity index (χ0) is 19.8. The van der Waals surface area contributed by atoms with E-state index < -0.39 is 11.8 Å². The van der Waals surface area contributed by atoms with Crippen LogP contribution in [-0.2, 0) is 9.59 Å². The minimum atomic E-state index is -0.485. The molecule has 3 amide bonds. The fourth-order valence-corrected chi connectivity index (χ4v) is 2.39. The largest absolute Gasteiger partial charge is 0.454 e. The first-order valence-corrected chi connectivity index (χ1v) is 8.61. The van der Waals surface area contributed by atoms with Crippen LogP contribution in [0.3, 0.4) is 0 Å². The highest BCUT2D eigenvalue weighted by Gasteiger charge is 2.16. The van der Waals surface area contributed by atoms with Crippen molar-refractivity contribution >= 4 is 23.8 Å². The van der Waals surface area contributed by atoms with E-state index in [4.69, 9.17) is 9.47 Å². The van der Waals surface area contributed by atoms with Gasteiger partial charge in [0.25, 0.3) is 5.91 Å². The Hall–Kier alpha value is -3.81. The molecule has 0 aliphatic carbocycles. The first kappa shape index (κ1) is 19.0.